The van der Waals surface area contributed by atoms with E-state index in [0.717, 1.165) is 17.7 Å². The molecule has 3 heteroatoms. The lowest BCUT2D eigenvalue weighted by atomic mass is 10.0. The number of hydrogen-bond donors (Lipinski definition) is 2. The number of hydrogen-bond acceptors (Lipinski definition) is 2. The summed E-state index contributed by atoms with van der Waals surface area (Å²) in [7, 11) is 0. The second-order valence-electron chi connectivity index (χ2n) is 5.72. The van der Waals surface area contributed by atoms with E-state index in [0.29, 0.717) is 12.0 Å². The molecular weight excluding hydrogens is 265 g/mol. The Kier molecular flexibility index (Phi) is 4.32. The zero-order valence-corrected chi connectivity index (χ0v) is 11.9. The topological polar surface area (TPSA) is 32.3 Å². The van der Waals surface area contributed by atoms with Crippen molar-refractivity contribution in [2.24, 2.45) is 5.92 Å². The van der Waals surface area contributed by atoms with Gasteiger partial charge in [0.1, 0.15) is 5.82 Å². The van der Waals surface area contributed by atoms with Gasteiger partial charge in [-0.2, -0.15) is 0 Å². The molecule has 2 aromatic carbocycles. The Hall–Kier alpha value is -1.71. The maximum atomic E-state index is 13.0. The van der Waals surface area contributed by atoms with Gasteiger partial charge in [0.15, 0.2) is 0 Å². The van der Waals surface area contributed by atoms with E-state index in [1.807, 2.05) is 36.4 Å². The van der Waals surface area contributed by atoms with Gasteiger partial charge >= 0.3 is 0 Å². The van der Waals surface area contributed by atoms with Crippen molar-refractivity contribution >= 4 is 0 Å². The maximum absolute atomic E-state index is 13.0. The summed E-state index contributed by atoms with van der Waals surface area (Å²) >= 11 is 0. The van der Waals surface area contributed by atoms with Crippen LogP contribution in [0.1, 0.15) is 35.6 Å². The molecule has 0 amide bonds. The fraction of sp³-hybridized carbons (Fsp3) is 0.333. The van der Waals surface area contributed by atoms with Crippen LogP contribution < -0.4 is 5.32 Å². The quantitative estimate of drug-likeness (QED) is 0.850. The van der Waals surface area contributed by atoms with Gasteiger partial charge in [-0.15, -0.1) is 0 Å². The SMILES string of the molecule is OCc1ccc(CNC(c2ccc(F)cc2)C2CC2)cc1. The lowest BCUT2D eigenvalue weighted by molar-refractivity contribution is 0.282. The zero-order chi connectivity index (χ0) is 14.7. The van der Waals surface area contributed by atoms with Gasteiger partial charge in [0.05, 0.1) is 6.61 Å². The van der Waals surface area contributed by atoms with E-state index in [1.54, 1.807) is 0 Å². The van der Waals surface area contributed by atoms with Crippen molar-refractivity contribution in [3.63, 3.8) is 0 Å². The maximum Gasteiger partial charge on any atom is 0.123 e. The molecule has 2 nitrogen and oxygen atoms in total. The van der Waals surface area contributed by atoms with E-state index in [-0.39, 0.29) is 12.4 Å². The molecule has 3 rings (SSSR count). The van der Waals surface area contributed by atoms with Crippen LogP contribution in [0, 0.1) is 11.7 Å². The molecule has 0 aromatic heterocycles. The second-order valence-corrected chi connectivity index (χ2v) is 5.72. The average molecular weight is 285 g/mol. The first-order valence-electron chi connectivity index (χ1n) is 7.44. The second kappa shape index (κ2) is 6.37. The summed E-state index contributed by atoms with van der Waals surface area (Å²) in [4.78, 5) is 0. The highest BCUT2D eigenvalue weighted by atomic mass is 19.1. The molecule has 0 bridgehead atoms. The molecule has 2 aromatic rings. The Labute approximate surface area is 124 Å². The third kappa shape index (κ3) is 3.69. The number of aliphatic hydroxyl groups is 1. The van der Waals surface area contributed by atoms with Crippen molar-refractivity contribution in [3.05, 3.63) is 71.0 Å². The third-order valence-corrected chi connectivity index (χ3v) is 4.05. The molecule has 1 aliphatic carbocycles. The van der Waals surface area contributed by atoms with Crippen LogP contribution in [-0.2, 0) is 13.2 Å². The molecule has 110 valence electrons. The lowest BCUT2D eigenvalue weighted by Crippen LogP contribution is -2.22. The van der Waals surface area contributed by atoms with E-state index in [4.69, 9.17) is 5.11 Å². The van der Waals surface area contributed by atoms with Gasteiger partial charge in [-0.05, 0) is 47.6 Å². The summed E-state index contributed by atoms with van der Waals surface area (Å²) in [5.41, 5.74) is 3.28. The van der Waals surface area contributed by atoms with Crippen molar-refractivity contribution in [3.8, 4) is 0 Å². The number of halogens is 1. The zero-order valence-electron chi connectivity index (χ0n) is 11.9. The van der Waals surface area contributed by atoms with Crippen LogP contribution >= 0.6 is 0 Å². The summed E-state index contributed by atoms with van der Waals surface area (Å²) in [6.07, 6.45) is 2.47. The van der Waals surface area contributed by atoms with Crippen LogP contribution in [-0.4, -0.2) is 5.11 Å². The van der Waals surface area contributed by atoms with Crippen molar-refractivity contribution in [2.75, 3.05) is 0 Å². The molecule has 0 radical (unpaired) electrons. The van der Waals surface area contributed by atoms with Gasteiger partial charge in [0.2, 0.25) is 0 Å². The van der Waals surface area contributed by atoms with Crippen molar-refractivity contribution in [1.29, 1.82) is 0 Å². The molecule has 0 aliphatic heterocycles. The molecular formula is C18H20FNO. The minimum Gasteiger partial charge on any atom is -0.392 e. The normalized spacial score (nSPS) is 15.9. The number of aliphatic hydroxyl groups excluding tert-OH is 1. The Morgan fingerprint density at radius 2 is 1.62 bits per heavy atom. The predicted molar refractivity (Wildman–Crippen MR) is 81.1 cm³/mol. The van der Waals surface area contributed by atoms with E-state index in [9.17, 15) is 4.39 Å². The molecule has 1 aliphatic rings. The standard InChI is InChI=1S/C18H20FNO/c19-17-9-7-16(8-10-17)18(15-5-6-15)20-11-13-1-3-14(12-21)4-2-13/h1-4,7-10,15,18,20-21H,5-6,11-12H2. The fourth-order valence-corrected chi connectivity index (χ4v) is 2.65. The Morgan fingerprint density at radius 3 is 2.19 bits per heavy atom. The molecule has 0 spiro atoms. The molecule has 21 heavy (non-hydrogen) atoms. The number of rotatable bonds is 6. The summed E-state index contributed by atoms with van der Waals surface area (Å²) in [5, 5.41) is 12.6. The van der Waals surface area contributed by atoms with Crippen LogP contribution in [0.25, 0.3) is 0 Å². The molecule has 0 saturated heterocycles. The highest BCUT2D eigenvalue weighted by molar-refractivity contribution is 5.24. The minimum absolute atomic E-state index is 0.0774. The predicted octanol–water partition coefficient (Wildman–Crippen LogP) is 3.56. The Bertz CT molecular complexity index is 575. The van der Waals surface area contributed by atoms with Crippen LogP contribution in [0.3, 0.4) is 0 Å². The van der Waals surface area contributed by atoms with Gasteiger partial charge in [-0.1, -0.05) is 36.4 Å². The molecule has 1 fully saturated rings. The molecule has 2 N–H and O–H groups in total. The van der Waals surface area contributed by atoms with Gasteiger partial charge < -0.3 is 10.4 Å². The van der Waals surface area contributed by atoms with Gasteiger partial charge in [0.25, 0.3) is 0 Å². The summed E-state index contributed by atoms with van der Waals surface area (Å²) in [6, 6.07) is 15.1. The number of benzene rings is 2. The first-order chi connectivity index (χ1) is 10.3. The van der Waals surface area contributed by atoms with Crippen LogP contribution in [0.4, 0.5) is 4.39 Å². The van der Waals surface area contributed by atoms with Crippen molar-refractivity contribution in [2.45, 2.75) is 32.0 Å². The summed E-state index contributed by atoms with van der Waals surface area (Å²) < 4.78 is 13.0. The van der Waals surface area contributed by atoms with Crippen molar-refractivity contribution in [1.82, 2.24) is 5.32 Å². The highest BCUT2D eigenvalue weighted by Gasteiger charge is 2.31. The Balaban J connectivity index is 1.66. The smallest absolute Gasteiger partial charge is 0.123 e. The van der Waals surface area contributed by atoms with Gasteiger partial charge in [-0.25, -0.2) is 4.39 Å². The first kappa shape index (κ1) is 14.2. The van der Waals surface area contributed by atoms with E-state index < -0.39 is 0 Å². The average Bonchev–Trinajstić information content (AvgIpc) is 3.35. The van der Waals surface area contributed by atoms with E-state index in [2.05, 4.69) is 5.32 Å². The molecule has 1 unspecified atom stereocenters. The third-order valence-electron chi connectivity index (χ3n) is 4.05. The fourth-order valence-electron chi connectivity index (χ4n) is 2.65. The van der Waals surface area contributed by atoms with Crippen LogP contribution in [0.2, 0.25) is 0 Å². The lowest BCUT2D eigenvalue weighted by Gasteiger charge is -2.19. The van der Waals surface area contributed by atoms with Crippen LogP contribution in [0.15, 0.2) is 48.5 Å². The van der Waals surface area contributed by atoms with Crippen LogP contribution in [0.5, 0.6) is 0 Å². The largest absolute Gasteiger partial charge is 0.392 e. The van der Waals surface area contributed by atoms with Gasteiger partial charge in [0, 0.05) is 12.6 Å². The van der Waals surface area contributed by atoms with E-state index in [1.165, 1.54) is 30.5 Å². The molecule has 0 heterocycles. The Morgan fingerprint density at radius 1 is 1.00 bits per heavy atom. The minimum atomic E-state index is -0.187. The summed E-state index contributed by atoms with van der Waals surface area (Å²) in [5.74, 6) is 0.472. The monoisotopic (exact) mass is 285 g/mol. The molecule has 1 atom stereocenters. The molecule has 1 saturated carbocycles. The van der Waals surface area contributed by atoms with Crippen molar-refractivity contribution < 1.29 is 9.50 Å². The number of nitrogens with one attached hydrogen (secondary N) is 1. The first-order valence-corrected chi connectivity index (χ1v) is 7.44. The van der Waals surface area contributed by atoms with E-state index >= 15 is 0 Å². The summed E-state index contributed by atoms with van der Waals surface area (Å²) in [6.45, 7) is 0.859. The highest BCUT2D eigenvalue weighted by Crippen LogP contribution is 2.41. The van der Waals surface area contributed by atoms with Gasteiger partial charge in [-0.3, -0.25) is 0 Å².